The second kappa shape index (κ2) is 6.46. The first-order valence-corrected chi connectivity index (χ1v) is 7.08. The lowest BCUT2D eigenvalue weighted by Crippen LogP contribution is -2.22. The van der Waals surface area contributed by atoms with Gasteiger partial charge < -0.3 is 5.32 Å². The van der Waals surface area contributed by atoms with E-state index in [1.54, 1.807) is 0 Å². The van der Waals surface area contributed by atoms with Crippen LogP contribution in [0.25, 0.3) is 0 Å². The highest BCUT2D eigenvalue weighted by Crippen LogP contribution is 2.30. The number of anilines is 2. The van der Waals surface area contributed by atoms with E-state index in [2.05, 4.69) is 27.6 Å². The molecular weight excluding hydrogens is 283 g/mol. The lowest BCUT2D eigenvalue weighted by molar-refractivity contribution is -0.141. The molecule has 5 nitrogen and oxygen atoms in total. The van der Waals surface area contributed by atoms with E-state index in [1.807, 2.05) is 0 Å². The number of hydrogen-bond donors (Lipinski definition) is 3. The molecule has 8 heteroatoms. The van der Waals surface area contributed by atoms with E-state index in [0.29, 0.717) is 5.92 Å². The maximum absolute atomic E-state index is 12.8. The minimum Gasteiger partial charge on any atom is -0.367 e. The number of alkyl halides is 3. The van der Waals surface area contributed by atoms with Crippen molar-refractivity contribution in [3.63, 3.8) is 0 Å². The van der Waals surface area contributed by atoms with Gasteiger partial charge in [0.05, 0.1) is 0 Å². The van der Waals surface area contributed by atoms with Crippen molar-refractivity contribution in [2.75, 3.05) is 10.7 Å². The van der Waals surface area contributed by atoms with Crippen molar-refractivity contribution in [1.29, 1.82) is 0 Å². The number of nitrogens with two attached hydrogens (primary N) is 1. The normalized spacial score (nSPS) is 23.5. The predicted molar refractivity (Wildman–Crippen MR) is 74.5 cm³/mol. The monoisotopic (exact) mass is 303 g/mol. The Morgan fingerprint density at radius 3 is 2.62 bits per heavy atom. The van der Waals surface area contributed by atoms with Gasteiger partial charge in [-0.3, -0.25) is 5.43 Å². The van der Waals surface area contributed by atoms with Crippen LogP contribution in [-0.4, -0.2) is 16.0 Å². The van der Waals surface area contributed by atoms with Crippen molar-refractivity contribution in [1.82, 2.24) is 9.97 Å². The molecule has 0 aromatic carbocycles. The number of aromatic nitrogens is 2. The van der Waals surface area contributed by atoms with E-state index in [4.69, 9.17) is 5.84 Å². The van der Waals surface area contributed by atoms with Gasteiger partial charge in [-0.1, -0.05) is 19.8 Å². The van der Waals surface area contributed by atoms with Crippen LogP contribution in [0.3, 0.4) is 0 Å². The summed E-state index contributed by atoms with van der Waals surface area (Å²) in [5.41, 5.74) is 1.07. The van der Waals surface area contributed by atoms with Crippen LogP contribution < -0.4 is 16.6 Å². The first-order valence-electron chi connectivity index (χ1n) is 7.08. The molecule has 1 aromatic heterocycles. The Hall–Kier alpha value is -1.57. The van der Waals surface area contributed by atoms with Crippen LogP contribution in [0.4, 0.5) is 24.9 Å². The van der Waals surface area contributed by atoms with Gasteiger partial charge >= 0.3 is 6.18 Å². The number of hydrazine groups is 1. The lowest BCUT2D eigenvalue weighted by atomic mass is 10.0. The van der Waals surface area contributed by atoms with Crippen LogP contribution in [0.1, 0.15) is 44.7 Å². The first kappa shape index (κ1) is 15.8. The van der Waals surface area contributed by atoms with E-state index < -0.39 is 11.9 Å². The average Bonchev–Trinajstić information content (AvgIpc) is 2.62. The predicted octanol–water partition coefficient (Wildman–Crippen LogP) is 3.16. The topological polar surface area (TPSA) is 75.9 Å². The van der Waals surface area contributed by atoms with Crippen molar-refractivity contribution in [2.24, 2.45) is 11.8 Å². The van der Waals surface area contributed by atoms with E-state index in [1.165, 1.54) is 0 Å². The van der Waals surface area contributed by atoms with Crippen molar-refractivity contribution < 1.29 is 13.2 Å². The minimum atomic E-state index is -4.52. The highest BCUT2D eigenvalue weighted by Gasteiger charge is 2.34. The summed E-state index contributed by atoms with van der Waals surface area (Å²) in [5.74, 6) is 5.71. The molecule has 1 fully saturated rings. The van der Waals surface area contributed by atoms with Crippen LogP contribution in [0.15, 0.2) is 6.07 Å². The fourth-order valence-corrected chi connectivity index (χ4v) is 2.57. The minimum absolute atomic E-state index is 0.136. The molecular formula is C13H20F3N5. The Balaban J connectivity index is 2.15. The second-order valence-corrected chi connectivity index (χ2v) is 5.56. The third-order valence-corrected chi connectivity index (χ3v) is 3.76. The summed E-state index contributed by atoms with van der Waals surface area (Å²) in [4.78, 5) is 7.29. The molecule has 4 N–H and O–H groups in total. The summed E-state index contributed by atoms with van der Waals surface area (Å²) in [7, 11) is 0. The summed E-state index contributed by atoms with van der Waals surface area (Å²) in [6.07, 6.45) is 0.627. The molecule has 0 radical (unpaired) electrons. The van der Waals surface area contributed by atoms with Gasteiger partial charge in [-0.2, -0.15) is 18.2 Å². The maximum atomic E-state index is 12.8. The molecule has 118 valence electrons. The molecule has 1 aliphatic rings. The fourth-order valence-electron chi connectivity index (χ4n) is 2.57. The Kier molecular flexibility index (Phi) is 4.87. The van der Waals surface area contributed by atoms with E-state index in [9.17, 15) is 13.2 Å². The van der Waals surface area contributed by atoms with Crippen LogP contribution >= 0.6 is 0 Å². The van der Waals surface area contributed by atoms with E-state index in [0.717, 1.165) is 38.2 Å². The van der Waals surface area contributed by atoms with Crippen molar-refractivity contribution in [3.05, 3.63) is 11.8 Å². The second-order valence-electron chi connectivity index (χ2n) is 5.56. The van der Waals surface area contributed by atoms with Crippen molar-refractivity contribution in [3.8, 4) is 0 Å². The molecule has 1 aromatic rings. The molecule has 0 spiro atoms. The first-order chi connectivity index (χ1) is 9.88. The Labute approximate surface area is 121 Å². The van der Waals surface area contributed by atoms with Gasteiger partial charge in [0.1, 0.15) is 5.82 Å². The molecule has 21 heavy (non-hydrogen) atoms. The highest BCUT2D eigenvalue weighted by molar-refractivity contribution is 5.43. The zero-order valence-corrected chi connectivity index (χ0v) is 11.9. The Bertz CT molecular complexity index is 477. The molecule has 0 aliphatic heterocycles. The fraction of sp³-hybridized carbons (Fsp3) is 0.692. The zero-order valence-electron chi connectivity index (χ0n) is 11.9. The molecule has 0 saturated heterocycles. The Morgan fingerprint density at radius 1 is 1.19 bits per heavy atom. The van der Waals surface area contributed by atoms with Gasteiger partial charge in [-0.15, -0.1) is 0 Å². The SMILES string of the molecule is CC1CCCC(Nc2cc(C(F)(F)F)nc(NN)n2)CC1. The van der Waals surface area contributed by atoms with Crippen LogP contribution in [0.2, 0.25) is 0 Å². The quantitative estimate of drug-likeness (QED) is 0.454. The van der Waals surface area contributed by atoms with Gasteiger partial charge in [-0.25, -0.2) is 10.8 Å². The number of halogens is 3. The summed E-state index contributed by atoms with van der Waals surface area (Å²) in [5, 5.41) is 3.08. The number of hydrogen-bond acceptors (Lipinski definition) is 5. The largest absolute Gasteiger partial charge is 0.433 e. The molecule has 1 aliphatic carbocycles. The third kappa shape index (κ3) is 4.45. The summed E-state index contributed by atoms with van der Waals surface area (Å²) in [6.45, 7) is 2.20. The number of nitrogen functional groups attached to an aromatic ring is 1. The van der Waals surface area contributed by atoms with Gasteiger partial charge in [0.2, 0.25) is 5.95 Å². The number of nitrogens with one attached hydrogen (secondary N) is 2. The van der Waals surface area contributed by atoms with Crippen molar-refractivity contribution >= 4 is 11.8 Å². The van der Waals surface area contributed by atoms with E-state index in [-0.39, 0.29) is 17.8 Å². The molecule has 0 amide bonds. The molecule has 1 heterocycles. The Morgan fingerprint density at radius 2 is 1.95 bits per heavy atom. The van der Waals surface area contributed by atoms with Gasteiger partial charge in [0.25, 0.3) is 0 Å². The maximum Gasteiger partial charge on any atom is 0.433 e. The number of rotatable bonds is 3. The standard InChI is InChI=1S/C13H20F3N5/c1-8-3-2-4-9(6-5-8)18-11-7-10(13(14,15)16)19-12(20-11)21-17/h7-9H,2-6,17H2,1H3,(H2,18,19,20,21). The molecule has 0 bridgehead atoms. The van der Waals surface area contributed by atoms with Gasteiger partial charge in [0.15, 0.2) is 5.69 Å². The van der Waals surface area contributed by atoms with Crippen LogP contribution in [-0.2, 0) is 6.18 Å². The highest BCUT2D eigenvalue weighted by atomic mass is 19.4. The summed E-state index contributed by atoms with van der Waals surface area (Å²) < 4.78 is 38.4. The summed E-state index contributed by atoms with van der Waals surface area (Å²) >= 11 is 0. The smallest absolute Gasteiger partial charge is 0.367 e. The van der Waals surface area contributed by atoms with Crippen LogP contribution in [0, 0.1) is 5.92 Å². The van der Waals surface area contributed by atoms with E-state index >= 15 is 0 Å². The van der Waals surface area contributed by atoms with Crippen LogP contribution in [0.5, 0.6) is 0 Å². The van der Waals surface area contributed by atoms with Gasteiger partial charge in [0, 0.05) is 12.1 Å². The van der Waals surface area contributed by atoms with Crippen molar-refractivity contribution in [2.45, 2.75) is 51.2 Å². The lowest BCUT2D eigenvalue weighted by Gasteiger charge is -2.18. The zero-order chi connectivity index (χ0) is 15.5. The molecule has 1 saturated carbocycles. The van der Waals surface area contributed by atoms with Gasteiger partial charge in [-0.05, 0) is 25.2 Å². The number of nitrogens with zero attached hydrogens (tertiary/aromatic N) is 2. The third-order valence-electron chi connectivity index (χ3n) is 3.76. The summed E-state index contributed by atoms with van der Waals surface area (Å²) in [6, 6.07) is 1.06. The molecule has 2 atom stereocenters. The molecule has 2 unspecified atom stereocenters. The average molecular weight is 303 g/mol. The molecule has 2 rings (SSSR count).